The monoisotopic (exact) mass is 220 g/mol. The largest absolute Gasteiger partial charge is 0.380 e. The van der Waals surface area contributed by atoms with Crippen molar-refractivity contribution in [1.29, 1.82) is 5.26 Å². The molecule has 1 rings (SSSR count). The van der Waals surface area contributed by atoms with Gasteiger partial charge in [-0.05, 0) is 31.5 Å². The van der Waals surface area contributed by atoms with Gasteiger partial charge in [0.2, 0.25) is 0 Å². The summed E-state index contributed by atoms with van der Waals surface area (Å²) in [5.41, 5.74) is 0.826. The van der Waals surface area contributed by atoms with Crippen LogP contribution in [-0.2, 0) is 0 Å². The van der Waals surface area contributed by atoms with Gasteiger partial charge >= 0.3 is 0 Å². The lowest BCUT2D eigenvalue weighted by Crippen LogP contribution is -2.15. The maximum Gasteiger partial charge on any atom is 0.147 e. The van der Waals surface area contributed by atoms with Crippen LogP contribution >= 0.6 is 0 Å². The lowest BCUT2D eigenvalue weighted by atomic mass is 10.1. The highest BCUT2D eigenvalue weighted by atomic mass is 19.1. The van der Waals surface area contributed by atoms with Crippen molar-refractivity contribution in [2.75, 3.05) is 5.32 Å². The SMILES string of the molecule is CCCCC(C)Nc1ccc(C#N)cc1F. The molecular formula is C13H17FN2. The van der Waals surface area contributed by atoms with E-state index in [-0.39, 0.29) is 11.9 Å². The smallest absolute Gasteiger partial charge is 0.147 e. The number of benzene rings is 1. The van der Waals surface area contributed by atoms with Crippen molar-refractivity contribution in [1.82, 2.24) is 0 Å². The van der Waals surface area contributed by atoms with Crippen LogP contribution in [0.1, 0.15) is 38.7 Å². The summed E-state index contributed by atoms with van der Waals surface area (Å²) < 4.78 is 13.5. The fourth-order valence-electron chi connectivity index (χ4n) is 1.55. The van der Waals surface area contributed by atoms with Crippen molar-refractivity contribution in [2.24, 2.45) is 0 Å². The summed E-state index contributed by atoms with van der Waals surface area (Å²) in [6, 6.07) is 6.67. The van der Waals surface area contributed by atoms with Crippen molar-refractivity contribution in [2.45, 2.75) is 39.2 Å². The first-order chi connectivity index (χ1) is 7.67. The summed E-state index contributed by atoms with van der Waals surface area (Å²) in [6.45, 7) is 4.17. The summed E-state index contributed by atoms with van der Waals surface area (Å²) in [6.07, 6.45) is 3.30. The summed E-state index contributed by atoms with van der Waals surface area (Å²) in [4.78, 5) is 0. The molecule has 0 aliphatic rings. The minimum atomic E-state index is -0.359. The first kappa shape index (κ1) is 12.5. The minimum absolute atomic E-state index is 0.252. The van der Waals surface area contributed by atoms with E-state index in [0.717, 1.165) is 19.3 Å². The Balaban J connectivity index is 2.64. The molecule has 0 saturated heterocycles. The number of unbranched alkanes of at least 4 members (excludes halogenated alkanes) is 1. The highest BCUT2D eigenvalue weighted by Gasteiger charge is 2.06. The second kappa shape index (κ2) is 6.12. The van der Waals surface area contributed by atoms with Gasteiger partial charge in [-0.2, -0.15) is 5.26 Å². The first-order valence-electron chi connectivity index (χ1n) is 5.63. The van der Waals surface area contributed by atoms with Gasteiger partial charge < -0.3 is 5.32 Å². The number of anilines is 1. The Bertz CT molecular complexity index is 382. The Morgan fingerprint density at radius 2 is 2.25 bits per heavy atom. The zero-order valence-corrected chi connectivity index (χ0v) is 9.76. The standard InChI is InChI=1S/C13H17FN2/c1-3-4-5-10(2)16-13-7-6-11(9-15)8-12(13)14/h6-8,10,16H,3-5H2,1-2H3. The number of hydrogen-bond donors (Lipinski definition) is 1. The maximum atomic E-state index is 13.5. The molecular weight excluding hydrogens is 203 g/mol. The van der Waals surface area contributed by atoms with Gasteiger partial charge in [-0.15, -0.1) is 0 Å². The number of hydrogen-bond acceptors (Lipinski definition) is 2. The van der Waals surface area contributed by atoms with E-state index < -0.39 is 0 Å². The summed E-state index contributed by atoms with van der Waals surface area (Å²) >= 11 is 0. The molecule has 1 aromatic rings. The molecule has 1 unspecified atom stereocenters. The normalized spacial score (nSPS) is 11.9. The van der Waals surface area contributed by atoms with E-state index in [1.54, 1.807) is 12.1 Å². The van der Waals surface area contributed by atoms with Crippen molar-refractivity contribution in [3.8, 4) is 6.07 Å². The quantitative estimate of drug-likeness (QED) is 0.821. The molecule has 1 N–H and O–H groups in total. The van der Waals surface area contributed by atoms with E-state index in [1.807, 2.05) is 13.0 Å². The fourth-order valence-corrected chi connectivity index (χ4v) is 1.55. The van der Waals surface area contributed by atoms with E-state index in [0.29, 0.717) is 11.3 Å². The Morgan fingerprint density at radius 1 is 1.50 bits per heavy atom. The molecule has 0 aliphatic carbocycles. The summed E-state index contributed by atoms with van der Waals surface area (Å²) in [7, 11) is 0. The van der Waals surface area contributed by atoms with Crippen LogP contribution in [0.2, 0.25) is 0 Å². The fraction of sp³-hybridized carbons (Fsp3) is 0.462. The predicted octanol–water partition coefficient (Wildman–Crippen LogP) is 3.69. The van der Waals surface area contributed by atoms with Crippen LogP contribution in [0.3, 0.4) is 0 Å². The molecule has 0 fully saturated rings. The van der Waals surface area contributed by atoms with Crippen LogP contribution in [0.4, 0.5) is 10.1 Å². The number of rotatable bonds is 5. The third-order valence-corrected chi connectivity index (χ3v) is 2.49. The van der Waals surface area contributed by atoms with Gasteiger partial charge in [-0.3, -0.25) is 0 Å². The van der Waals surface area contributed by atoms with Crippen molar-refractivity contribution >= 4 is 5.69 Å². The van der Waals surface area contributed by atoms with Crippen LogP contribution in [0.5, 0.6) is 0 Å². The Kier molecular flexibility index (Phi) is 4.78. The third-order valence-electron chi connectivity index (χ3n) is 2.49. The molecule has 1 atom stereocenters. The van der Waals surface area contributed by atoms with Gasteiger partial charge in [0.15, 0.2) is 0 Å². The molecule has 2 nitrogen and oxygen atoms in total. The Hall–Kier alpha value is -1.56. The van der Waals surface area contributed by atoms with Gasteiger partial charge in [-0.1, -0.05) is 19.8 Å². The summed E-state index contributed by atoms with van der Waals surface area (Å²) in [5, 5.41) is 11.7. The average molecular weight is 220 g/mol. The molecule has 86 valence electrons. The molecule has 0 spiro atoms. The molecule has 0 bridgehead atoms. The van der Waals surface area contributed by atoms with Crippen LogP contribution in [-0.4, -0.2) is 6.04 Å². The molecule has 0 heterocycles. The number of nitrogens with one attached hydrogen (secondary N) is 1. The van der Waals surface area contributed by atoms with Crippen LogP contribution in [0.15, 0.2) is 18.2 Å². The maximum absolute atomic E-state index is 13.5. The molecule has 0 aliphatic heterocycles. The molecule has 0 aromatic heterocycles. The van der Waals surface area contributed by atoms with Gasteiger partial charge in [0.05, 0.1) is 17.3 Å². The lowest BCUT2D eigenvalue weighted by Gasteiger charge is -2.15. The molecule has 0 saturated carbocycles. The lowest BCUT2D eigenvalue weighted by molar-refractivity contribution is 0.612. The second-order valence-electron chi connectivity index (χ2n) is 3.99. The number of nitriles is 1. The highest BCUT2D eigenvalue weighted by Crippen LogP contribution is 2.17. The number of nitrogens with zero attached hydrogens (tertiary/aromatic N) is 1. The van der Waals surface area contributed by atoms with Gasteiger partial charge in [0.25, 0.3) is 0 Å². The van der Waals surface area contributed by atoms with E-state index in [1.165, 1.54) is 6.07 Å². The minimum Gasteiger partial charge on any atom is -0.380 e. The molecule has 16 heavy (non-hydrogen) atoms. The first-order valence-corrected chi connectivity index (χ1v) is 5.63. The van der Waals surface area contributed by atoms with Crippen LogP contribution in [0.25, 0.3) is 0 Å². The zero-order valence-electron chi connectivity index (χ0n) is 9.76. The Labute approximate surface area is 96.1 Å². The molecule has 0 amide bonds. The number of halogens is 1. The highest BCUT2D eigenvalue weighted by molar-refractivity contribution is 5.49. The van der Waals surface area contributed by atoms with Crippen molar-refractivity contribution in [3.63, 3.8) is 0 Å². The van der Waals surface area contributed by atoms with Gasteiger partial charge in [0, 0.05) is 6.04 Å². The van der Waals surface area contributed by atoms with Crippen molar-refractivity contribution < 1.29 is 4.39 Å². The van der Waals surface area contributed by atoms with E-state index in [2.05, 4.69) is 12.2 Å². The van der Waals surface area contributed by atoms with Crippen molar-refractivity contribution in [3.05, 3.63) is 29.6 Å². The van der Waals surface area contributed by atoms with E-state index in [9.17, 15) is 4.39 Å². The Morgan fingerprint density at radius 3 is 2.81 bits per heavy atom. The second-order valence-corrected chi connectivity index (χ2v) is 3.99. The topological polar surface area (TPSA) is 35.8 Å². The molecule has 3 heteroatoms. The molecule has 0 radical (unpaired) electrons. The zero-order chi connectivity index (χ0) is 12.0. The van der Waals surface area contributed by atoms with E-state index in [4.69, 9.17) is 5.26 Å². The van der Waals surface area contributed by atoms with E-state index >= 15 is 0 Å². The van der Waals surface area contributed by atoms with Gasteiger partial charge in [-0.25, -0.2) is 4.39 Å². The van der Waals surface area contributed by atoms with Crippen LogP contribution < -0.4 is 5.32 Å². The average Bonchev–Trinajstić information content (AvgIpc) is 2.29. The van der Waals surface area contributed by atoms with Crippen LogP contribution in [0, 0.1) is 17.1 Å². The molecule has 1 aromatic carbocycles. The summed E-state index contributed by atoms with van der Waals surface area (Å²) in [5.74, 6) is -0.359. The third kappa shape index (κ3) is 3.54. The predicted molar refractivity (Wildman–Crippen MR) is 63.7 cm³/mol. The van der Waals surface area contributed by atoms with Gasteiger partial charge in [0.1, 0.15) is 5.82 Å².